The van der Waals surface area contributed by atoms with E-state index < -0.39 is 0 Å². The molecule has 0 heteroatoms. The fraction of sp³-hybridized carbons (Fsp3) is 0.600. The SMILES string of the molecule is CC=C(C)C(=CC)C(C)C. The van der Waals surface area contributed by atoms with Crippen LogP contribution in [0.2, 0.25) is 0 Å². The zero-order valence-corrected chi connectivity index (χ0v) is 7.73. The summed E-state index contributed by atoms with van der Waals surface area (Å²) >= 11 is 0. The lowest BCUT2D eigenvalue weighted by Gasteiger charge is -2.10. The van der Waals surface area contributed by atoms with Gasteiger partial charge < -0.3 is 0 Å². The maximum Gasteiger partial charge on any atom is -0.0220 e. The molecule has 0 saturated heterocycles. The molecule has 0 aliphatic carbocycles. The molecule has 0 spiro atoms. The van der Waals surface area contributed by atoms with Crippen LogP contribution in [0.5, 0.6) is 0 Å². The zero-order chi connectivity index (χ0) is 8.15. The third-order valence-corrected chi connectivity index (χ3v) is 1.82. The smallest absolute Gasteiger partial charge is 0.0220 e. The molecule has 0 heterocycles. The highest BCUT2D eigenvalue weighted by molar-refractivity contribution is 5.29. The van der Waals surface area contributed by atoms with Crippen LogP contribution in [-0.4, -0.2) is 0 Å². The van der Waals surface area contributed by atoms with E-state index in [4.69, 9.17) is 0 Å². The number of rotatable bonds is 2. The fourth-order valence-corrected chi connectivity index (χ4v) is 1.18. The van der Waals surface area contributed by atoms with Gasteiger partial charge in [-0.25, -0.2) is 0 Å². The topological polar surface area (TPSA) is 0 Å². The molecule has 0 amide bonds. The van der Waals surface area contributed by atoms with Gasteiger partial charge in [0.25, 0.3) is 0 Å². The van der Waals surface area contributed by atoms with Crippen LogP contribution in [-0.2, 0) is 0 Å². The minimum Gasteiger partial charge on any atom is -0.0844 e. The summed E-state index contributed by atoms with van der Waals surface area (Å²) in [4.78, 5) is 0. The third-order valence-electron chi connectivity index (χ3n) is 1.82. The second-order valence-corrected chi connectivity index (χ2v) is 2.87. The van der Waals surface area contributed by atoms with Crippen molar-refractivity contribution < 1.29 is 0 Å². The molecule has 0 bridgehead atoms. The van der Waals surface area contributed by atoms with Gasteiger partial charge in [0.2, 0.25) is 0 Å². The second-order valence-electron chi connectivity index (χ2n) is 2.87. The molecule has 0 aromatic carbocycles. The van der Waals surface area contributed by atoms with Gasteiger partial charge in [0, 0.05) is 0 Å². The Hall–Kier alpha value is -0.520. The minimum absolute atomic E-state index is 0.654. The molecule has 0 atom stereocenters. The average Bonchev–Trinajstić information content (AvgIpc) is 1.88. The van der Waals surface area contributed by atoms with Gasteiger partial charge in [-0.2, -0.15) is 0 Å². The fourth-order valence-electron chi connectivity index (χ4n) is 1.18. The Morgan fingerprint density at radius 3 is 1.70 bits per heavy atom. The Bertz CT molecular complexity index is 147. The second kappa shape index (κ2) is 4.32. The Kier molecular flexibility index (Phi) is 4.10. The molecule has 0 radical (unpaired) electrons. The molecule has 0 fully saturated rings. The van der Waals surface area contributed by atoms with Crippen molar-refractivity contribution in [1.82, 2.24) is 0 Å². The molecule has 0 unspecified atom stereocenters. The molecule has 10 heavy (non-hydrogen) atoms. The summed E-state index contributed by atoms with van der Waals surface area (Å²) in [7, 11) is 0. The van der Waals surface area contributed by atoms with Crippen molar-refractivity contribution in [3.63, 3.8) is 0 Å². The van der Waals surface area contributed by atoms with E-state index in [2.05, 4.69) is 46.8 Å². The molecule has 58 valence electrons. The predicted molar refractivity (Wildman–Crippen MR) is 48.0 cm³/mol. The van der Waals surface area contributed by atoms with Crippen molar-refractivity contribution in [2.75, 3.05) is 0 Å². The van der Waals surface area contributed by atoms with Crippen LogP contribution < -0.4 is 0 Å². The summed E-state index contributed by atoms with van der Waals surface area (Å²) in [5, 5.41) is 0. The van der Waals surface area contributed by atoms with Gasteiger partial charge in [0.05, 0.1) is 0 Å². The lowest BCUT2D eigenvalue weighted by molar-refractivity contribution is 0.775. The van der Waals surface area contributed by atoms with E-state index in [-0.39, 0.29) is 0 Å². The molecule has 0 N–H and O–H groups in total. The van der Waals surface area contributed by atoms with Gasteiger partial charge in [-0.05, 0) is 32.3 Å². The van der Waals surface area contributed by atoms with Gasteiger partial charge in [0.15, 0.2) is 0 Å². The van der Waals surface area contributed by atoms with Crippen molar-refractivity contribution in [1.29, 1.82) is 0 Å². The van der Waals surface area contributed by atoms with Crippen LogP contribution >= 0.6 is 0 Å². The molecule has 0 aromatic heterocycles. The molecular weight excluding hydrogens is 120 g/mol. The molecule has 0 nitrogen and oxygen atoms in total. The Morgan fingerprint density at radius 2 is 1.60 bits per heavy atom. The van der Waals surface area contributed by atoms with Crippen molar-refractivity contribution >= 4 is 0 Å². The van der Waals surface area contributed by atoms with Crippen molar-refractivity contribution in [3.05, 3.63) is 23.3 Å². The largest absolute Gasteiger partial charge is 0.0844 e. The number of allylic oxidation sites excluding steroid dienone is 4. The van der Waals surface area contributed by atoms with Crippen LogP contribution in [0.25, 0.3) is 0 Å². The normalized spacial score (nSPS) is 14.6. The molecule has 0 aromatic rings. The van der Waals surface area contributed by atoms with E-state index in [1.54, 1.807) is 0 Å². The van der Waals surface area contributed by atoms with E-state index >= 15 is 0 Å². The number of hydrogen-bond acceptors (Lipinski definition) is 0. The first-order chi connectivity index (χ1) is 4.63. The predicted octanol–water partition coefficient (Wildman–Crippen LogP) is 3.55. The van der Waals surface area contributed by atoms with E-state index in [1.807, 2.05) is 0 Å². The quantitative estimate of drug-likeness (QED) is 0.512. The maximum absolute atomic E-state index is 2.22. The molecule has 0 saturated carbocycles. The number of hydrogen-bond donors (Lipinski definition) is 0. The first kappa shape index (κ1) is 9.48. The van der Waals surface area contributed by atoms with Crippen LogP contribution in [0, 0.1) is 5.92 Å². The highest BCUT2D eigenvalue weighted by Gasteiger charge is 2.01. The highest BCUT2D eigenvalue weighted by atomic mass is 14.1. The van der Waals surface area contributed by atoms with Crippen LogP contribution in [0.4, 0.5) is 0 Å². The summed E-state index contributed by atoms with van der Waals surface area (Å²) in [6.07, 6.45) is 4.36. The van der Waals surface area contributed by atoms with Crippen molar-refractivity contribution in [3.8, 4) is 0 Å². The summed E-state index contributed by atoms with van der Waals surface area (Å²) in [5.74, 6) is 0.654. The lowest BCUT2D eigenvalue weighted by atomic mass is 9.96. The van der Waals surface area contributed by atoms with Gasteiger partial charge >= 0.3 is 0 Å². The Balaban J connectivity index is 4.39. The zero-order valence-electron chi connectivity index (χ0n) is 7.73. The van der Waals surface area contributed by atoms with Gasteiger partial charge in [-0.1, -0.05) is 31.6 Å². The Morgan fingerprint density at radius 1 is 1.10 bits per heavy atom. The molecular formula is C10H18. The minimum atomic E-state index is 0.654. The van der Waals surface area contributed by atoms with Gasteiger partial charge in [-0.3, -0.25) is 0 Å². The summed E-state index contributed by atoms with van der Waals surface area (Å²) in [6.45, 7) is 10.8. The summed E-state index contributed by atoms with van der Waals surface area (Å²) < 4.78 is 0. The van der Waals surface area contributed by atoms with E-state index in [0.717, 1.165) is 0 Å². The van der Waals surface area contributed by atoms with Crippen LogP contribution in [0.1, 0.15) is 34.6 Å². The van der Waals surface area contributed by atoms with Crippen molar-refractivity contribution in [2.45, 2.75) is 34.6 Å². The lowest BCUT2D eigenvalue weighted by Crippen LogP contribution is -1.94. The maximum atomic E-state index is 2.22. The van der Waals surface area contributed by atoms with Gasteiger partial charge in [0.1, 0.15) is 0 Å². The molecule has 0 aliphatic rings. The summed E-state index contributed by atoms with van der Waals surface area (Å²) in [6, 6.07) is 0. The first-order valence-corrected chi connectivity index (χ1v) is 3.93. The summed E-state index contributed by atoms with van der Waals surface area (Å²) in [5.41, 5.74) is 2.86. The van der Waals surface area contributed by atoms with Gasteiger partial charge in [-0.15, -0.1) is 0 Å². The third kappa shape index (κ3) is 2.38. The standard InChI is InChI=1S/C10H18/c1-6-9(5)10(7-2)8(3)4/h6-8H,1-5H3. The van der Waals surface area contributed by atoms with E-state index in [0.29, 0.717) is 5.92 Å². The Labute approximate surface area is 64.6 Å². The molecule has 0 rings (SSSR count). The molecule has 0 aliphatic heterocycles. The van der Waals surface area contributed by atoms with Crippen LogP contribution in [0.3, 0.4) is 0 Å². The monoisotopic (exact) mass is 138 g/mol. The first-order valence-electron chi connectivity index (χ1n) is 3.93. The average molecular weight is 138 g/mol. The van der Waals surface area contributed by atoms with E-state index in [9.17, 15) is 0 Å². The highest BCUT2D eigenvalue weighted by Crippen LogP contribution is 2.17. The van der Waals surface area contributed by atoms with Crippen molar-refractivity contribution in [2.24, 2.45) is 5.92 Å². The van der Waals surface area contributed by atoms with Crippen LogP contribution in [0.15, 0.2) is 23.3 Å². The van der Waals surface area contributed by atoms with E-state index in [1.165, 1.54) is 11.1 Å².